The van der Waals surface area contributed by atoms with Crippen molar-refractivity contribution >= 4 is 23.6 Å². The quantitative estimate of drug-likeness (QED) is 0.825. The van der Waals surface area contributed by atoms with Crippen LogP contribution in [0.4, 0.5) is 13.6 Å². The van der Waals surface area contributed by atoms with E-state index in [0.717, 1.165) is 11.1 Å². The van der Waals surface area contributed by atoms with Gasteiger partial charge in [-0.1, -0.05) is 11.6 Å². The van der Waals surface area contributed by atoms with Crippen molar-refractivity contribution in [2.45, 2.75) is 51.6 Å². The summed E-state index contributed by atoms with van der Waals surface area (Å²) in [7, 11) is 0. The van der Waals surface area contributed by atoms with E-state index in [1.165, 1.54) is 6.07 Å². The maximum atomic E-state index is 13.7. The number of hydrogen-bond acceptors (Lipinski definition) is 4. The molecule has 1 aliphatic heterocycles. The van der Waals surface area contributed by atoms with E-state index in [0.29, 0.717) is 0 Å². The van der Waals surface area contributed by atoms with Gasteiger partial charge in [0.25, 0.3) is 0 Å². The first-order valence-electron chi connectivity index (χ1n) is 7.78. The van der Waals surface area contributed by atoms with Crippen LogP contribution in [0.25, 0.3) is 0 Å². The van der Waals surface area contributed by atoms with Crippen molar-refractivity contribution in [3.63, 3.8) is 0 Å². The first-order valence-corrected chi connectivity index (χ1v) is 8.16. The van der Waals surface area contributed by atoms with Crippen molar-refractivity contribution in [3.8, 4) is 0 Å². The number of ether oxygens (including phenoxy) is 1. The first-order chi connectivity index (χ1) is 11.6. The van der Waals surface area contributed by atoms with Crippen LogP contribution in [0.15, 0.2) is 12.3 Å². The molecule has 2 amide bonds. The van der Waals surface area contributed by atoms with Crippen LogP contribution in [0.3, 0.4) is 0 Å². The molecule has 1 fully saturated rings. The number of hydrogen-bond donors (Lipinski definition) is 1. The third kappa shape index (κ3) is 5.26. The van der Waals surface area contributed by atoms with Crippen LogP contribution in [0, 0.1) is 5.82 Å². The standard InChI is InChI=1S/C16H20ClF2N3O3/c1-16(2,3)25-15(24)22-8-10(18)5-12(22)14(23)21-6-9-4-13(17)20-7-11(9)19/h4,7,10,12H,5-6,8H2,1-3H3,(H,21,23)/t10-,12+/m1/s1. The lowest BCUT2D eigenvalue weighted by atomic mass is 10.2. The van der Waals surface area contributed by atoms with E-state index in [1.807, 2.05) is 0 Å². The molecule has 1 aromatic rings. The van der Waals surface area contributed by atoms with Gasteiger partial charge in [0.2, 0.25) is 5.91 Å². The summed E-state index contributed by atoms with van der Waals surface area (Å²) in [6.45, 7) is 4.67. The highest BCUT2D eigenvalue weighted by Gasteiger charge is 2.41. The van der Waals surface area contributed by atoms with E-state index in [4.69, 9.17) is 16.3 Å². The van der Waals surface area contributed by atoms with Gasteiger partial charge in [0.05, 0.1) is 12.7 Å². The third-order valence-electron chi connectivity index (χ3n) is 3.54. The highest BCUT2D eigenvalue weighted by molar-refractivity contribution is 6.29. The molecule has 25 heavy (non-hydrogen) atoms. The van der Waals surface area contributed by atoms with E-state index >= 15 is 0 Å². The average molecular weight is 376 g/mol. The Bertz CT molecular complexity index is 667. The highest BCUT2D eigenvalue weighted by Crippen LogP contribution is 2.23. The van der Waals surface area contributed by atoms with Crippen LogP contribution in [-0.4, -0.2) is 46.2 Å². The molecule has 138 valence electrons. The van der Waals surface area contributed by atoms with Crippen LogP contribution in [0.1, 0.15) is 32.8 Å². The second-order valence-electron chi connectivity index (χ2n) is 6.80. The van der Waals surface area contributed by atoms with Crippen LogP contribution in [-0.2, 0) is 16.1 Å². The van der Waals surface area contributed by atoms with Gasteiger partial charge in [0.15, 0.2) is 0 Å². The average Bonchev–Trinajstić information content (AvgIpc) is 2.88. The summed E-state index contributed by atoms with van der Waals surface area (Å²) < 4.78 is 32.6. The molecule has 0 saturated carbocycles. The zero-order valence-electron chi connectivity index (χ0n) is 14.2. The van der Waals surface area contributed by atoms with Gasteiger partial charge in [0.1, 0.15) is 28.8 Å². The van der Waals surface area contributed by atoms with Crippen molar-refractivity contribution in [1.29, 1.82) is 0 Å². The largest absolute Gasteiger partial charge is 0.444 e. The monoisotopic (exact) mass is 375 g/mol. The number of likely N-dealkylation sites (tertiary alicyclic amines) is 1. The molecule has 0 radical (unpaired) electrons. The molecule has 1 N–H and O–H groups in total. The summed E-state index contributed by atoms with van der Waals surface area (Å²) in [5.74, 6) is -1.21. The Morgan fingerprint density at radius 2 is 2.16 bits per heavy atom. The van der Waals surface area contributed by atoms with E-state index < -0.39 is 35.6 Å². The van der Waals surface area contributed by atoms with Gasteiger partial charge in [-0.15, -0.1) is 0 Å². The number of amides is 2. The lowest BCUT2D eigenvalue weighted by molar-refractivity contribution is -0.125. The lowest BCUT2D eigenvalue weighted by Gasteiger charge is -2.27. The number of nitrogens with zero attached hydrogens (tertiary/aromatic N) is 2. The number of rotatable bonds is 3. The fraction of sp³-hybridized carbons (Fsp3) is 0.562. The number of alkyl halides is 1. The van der Waals surface area contributed by atoms with Gasteiger partial charge in [0, 0.05) is 18.5 Å². The third-order valence-corrected chi connectivity index (χ3v) is 3.74. The first kappa shape index (κ1) is 19.4. The summed E-state index contributed by atoms with van der Waals surface area (Å²) >= 11 is 5.70. The minimum Gasteiger partial charge on any atom is -0.444 e. The smallest absolute Gasteiger partial charge is 0.411 e. The van der Waals surface area contributed by atoms with E-state index in [1.54, 1.807) is 20.8 Å². The summed E-state index contributed by atoms with van der Waals surface area (Å²) in [5, 5.41) is 2.58. The van der Waals surface area contributed by atoms with Crippen molar-refractivity contribution in [2.24, 2.45) is 0 Å². The Morgan fingerprint density at radius 1 is 1.48 bits per heavy atom. The Kier molecular flexibility index (Phi) is 5.82. The van der Waals surface area contributed by atoms with Crippen molar-refractivity contribution in [1.82, 2.24) is 15.2 Å². The summed E-state index contributed by atoms with van der Waals surface area (Å²) in [5.41, 5.74) is -0.615. The summed E-state index contributed by atoms with van der Waals surface area (Å²) in [4.78, 5) is 29.1. The van der Waals surface area contributed by atoms with Gasteiger partial charge in [-0.3, -0.25) is 9.69 Å². The van der Waals surface area contributed by atoms with Gasteiger partial charge < -0.3 is 10.1 Å². The molecule has 0 spiro atoms. The van der Waals surface area contributed by atoms with E-state index in [-0.39, 0.29) is 30.2 Å². The molecular weight excluding hydrogens is 356 g/mol. The van der Waals surface area contributed by atoms with E-state index in [9.17, 15) is 18.4 Å². The number of pyridine rings is 1. The molecule has 6 nitrogen and oxygen atoms in total. The Hall–Kier alpha value is -1.96. The number of halogens is 3. The second kappa shape index (κ2) is 7.51. The minimum absolute atomic E-state index is 0.0886. The fourth-order valence-electron chi connectivity index (χ4n) is 2.44. The topological polar surface area (TPSA) is 71.5 Å². The Labute approximate surface area is 149 Å². The predicted octanol–water partition coefficient (Wildman–Crippen LogP) is 2.84. The maximum absolute atomic E-state index is 13.7. The zero-order valence-corrected chi connectivity index (χ0v) is 14.9. The molecule has 1 aliphatic rings. The number of carbonyl (C=O) groups is 2. The number of nitrogens with one attached hydrogen (secondary N) is 1. The highest BCUT2D eigenvalue weighted by atomic mass is 35.5. The van der Waals surface area contributed by atoms with Gasteiger partial charge >= 0.3 is 6.09 Å². The molecule has 0 bridgehead atoms. The minimum atomic E-state index is -1.32. The van der Waals surface area contributed by atoms with Crippen molar-refractivity contribution < 1.29 is 23.1 Å². The molecule has 2 heterocycles. The van der Waals surface area contributed by atoms with Crippen molar-refractivity contribution in [2.75, 3.05) is 6.54 Å². The van der Waals surface area contributed by atoms with Crippen LogP contribution in [0.5, 0.6) is 0 Å². The van der Waals surface area contributed by atoms with Crippen LogP contribution in [0.2, 0.25) is 5.15 Å². The van der Waals surface area contributed by atoms with Crippen LogP contribution >= 0.6 is 11.6 Å². The van der Waals surface area contributed by atoms with Crippen LogP contribution < -0.4 is 5.32 Å². The molecule has 0 aliphatic carbocycles. The van der Waals surface area contributed by atoms with E-state index in [2.05, 4.69) is 10.3 Å². The molecule has 1 saturated heterocycles. The predicted molar refractivity (Wildman–Crippen MR) is 87.3 cm³/mol. The molecule has 1 aromatic heterocycles. The molecule has 0 aromatic carbocycles. The molecule has 0 unspecified atom stereocenters. The Balaban J connectivity index is 2.03. The zero-order chi connectivity index (χ0) is 18.8. The van der Waals surface area contributed by atoms with Gasteiger partial charge in [-0.05, 0) is 26.8 Å². The molecule has 2 atom stereocenters. The molecule has 9 heteroatoms. The molecular formula is C16H20ClF2N3O3. The molecule has 2 rings (SSSR count). The lowest BCUT2D eigenvalue weighted by Crippen LogP contribution is -2.47. The van der Waals surface area contributed by atoms with Crippen molar-refractivity contribution in [3.05, 3.63) is 28.8 Å². The summed E-state index contributed by atoms with van der Waals surface area (Å²) in [6, 6.07) is 0.278. The van der Waals surface area contributed by atoms with Gasteiger partial charge in [-0.25, -0.2) is 18.6 Å². The number of carbonyl (C=O) groups excluding carboxylic acids is 2. The number of aromatic nitrogens is 1. The fourth-order valence-corrected chi connectivity index (χ4v) is 2.62. The maximum Gasteiger partial charge on any atom is 0.411 e. The second-order valence-corrected chi connectivity index (χ2v) is 7.18. The SMILES string of the molecule is CC(C)(C)OC(=O)N1C[C@H](F)C[C@H]1C(=O)NCc1cc(Cl)ncc1F. The summed E-state index contributed by atoms with van der Waals surface area (Å²) in [6.07, 6.45) is -1.27. The normalized spacial score (nSPS) is 20.5. The Morgan fingerprint density at radius 3 is 2.80 bits per heavy atom. The van der Waals surface area contributed by atoms with Gasteiger partial charge in [-0.2, -0.15) is 0 Å².